The second-order valence-corrected chi connectivity index (χ2v) is 5.18. The predicted molar refractivity (Wildman–Crippen MR) is 72.7 cm³/mol. The Kier molecular flexibility index (Phi) is 5.20. The lowest BCUT2D eigenvalue weighted by Gasteiger charge is -2.21. The maximum Gasteiger partial charge on any atom is 0.0638 e. The van der Waals surface area contributed by atoms with E-state index in [1.807, 2.05) is 0 Å². The number of hydrogen-bond acceptors (Lipinski definition) is 3. The van der Waals surface area contributed by atoms with Crippen LogP contribution < -0.4 is 5.32 Å². The molecule has 1 aromatic heterocycles. The van der Waals surface area contributed by atoms with Crippen LogP contribution in [0.3, 0.4) is 0 Å². The summed E-state index contributed by atoms with van der Waals surface area (Å²) >= 11 is 0. The average Bonchev–Trinajstić information content (AvgIpc) is 2.77. The second-order valence-electron chi connectivity index (χ2n) is 5.18. The highest BCUT2D eigenvalue weighted by Gasteiger charge is 2.17. The molecule has 0 amide bonds. The van der Waals surface area contributed by atoms with E-state index in [9.17, 15) is 0 Å². The fraction of sp³-hybridized carbons (Fsp3) is 0.786. The Morgan fingerprint density at radius 3 is 2.89 bits per heavy atom. The molecule has 0 atom stereocenters. The number of nitrogens with one attached hydrogen (secondary N) is 1. The third-order valence-corrected chi connectivity index (χ3v) is 3.77. The fourth-order valence-corrected chi connectivity index (χ4v) is 2.62. The molecule has 1 fully saturated rings. The van der Waals surface area contributed by atoms with E-state index in [1.54, 1.807) is 7.11 Å². The minimum atomic E-state index is 0.630. The molecule has 0 aliphatic heterocycles. The summed E-state index contributed by atoms with van der Waals surface area (Å²) in [5.41, 5.74) is 2.47. The summed E-state index contributed by atoms with van der Waals surface area (Å²) in [5, 5.41) is 8.06. The van der Waals surface area contributed by atoms with E-state index in [1.165, 1.54) is 37.7 Å². The van der Waals surface area contributed by atoms with E-state index >= 15 is 0 Å². The molecule has 102 valence electrons. The molecule has 0 radical (unpaired) electrons. The molecule has 1 saturated carbocycles. The first-order valence-electron chi connectivity index (χ1n) is 7.05. The van der Waals surface area contributed by atoms with E-state index in [0.29, 0.717) is 6.04 Å². The van der Waals surface area contributed by atoms with Crippen molar-refractivity contribution in [3.05, 3.63) is 17.5 Å². The van der Waals surface area contributed by atoms with Crippen LogP contribution in [0.2, 0.25) is 0 Å². The highest BCUT2D eigenvalue weighted by atomic mass is 16.5. The smallest absolute Gasteiger partial charge is 0.0638 e. The summed E-state index contributed by atoms with van der Waals surface area (Å²) in [6.07, 6.45) is 8.90. The van der Waals surface area contributed by atoms with Crippen LogP contribution in [0, 0.1) is 6.92 Å². The monoisotopic (exact) mass is 251 g/mol. The van der Waals surface area contributed by atoms with Crippen molar-refractivity contribution in [2.75, 3.05) is 20.3 Å². The van der Waals surface area contributed by atoms with Crippen LogP contribution in [0.5, 0.6) is 0 Å². The zero-order valence-electron chi connectivity index (χ0n) is 11.6. The number of aromatic nitrogens is 2. The predicted octanol–water partition coefficient (Wildman–Crippen LogP) is 2.43. The molecule has 0 unspecified atom stereocenters. The van der Waals surface area contributed by atoms with Crippen molar-refractivity contribution in [3.8, 4) is 0 Å². The number of ether oxygens (including phenoxy) is 1. The molecule has 1 heterocycles. The quantitative estimate of drug-likeness (QED) is 0.789. The molecule has 1 aliphatic rings. The summed E-state index contributed by atoms with van der Waals surface area (Å²) in [7, 11) is 1.73. The summed E-state index contributed by atoms with van der Waals surface area (Å²) in [4.78, 5) is 0. The lowest BCUT2D eigenvalue weighted by molar-refractivity contribution is 0.199. The van der Waals surface area contributed by atoms with Gasteiger partial charge in [0.2, 0.25) is 0 Å². The van der Waals surface area contributed by atoms with Crippen LogP contribution in [0.4, 0.5) is 0 Å². The summed E-state index contributed by atoms with van der Waals surface area (Å²) in [6.45, 7) is 4.65. The van der Waals surface area contributed by atoms with Crippen molar-refractivity contribution in [2.45, 2.75) is 51.6 Å². The Hall–Kier alpha value is -0.870. The lowest BCUT2D eigenvalue weighted by atomic mass is 9.96. The standard InChI is InChI=1S/C14H25N3O/c1-12-13(10-15-8-9-18-2)11-17(16-12)14-6-4-3-5-7-14/h11,14-15H,3-10H2,1-2H3. The Morgan fingerprint density at radius 1 is 1.39 bits per heavy atom. The third-order valence-electron chi connectivity index (χ3n) is 3.77. The first kappa shape index (κ1) is 13.6. The number of methoxy groups -OCH3 is 1. The second kappa shape index (κ2) is 6.90. The van der Waals surface area contributed by atoms with Gasteiger partial charge in [-0.25, -0.2) is 0 Å². The van der Waals surface area contributed by atoms with E-state index in [4.69, 9.17) is 4.74 Å². The van der Waals surface area contributed by atoms with Gasteiger partial charge in [-0.05, 0) is 19.8 Å². The van der Waals surface area contributed by atoms with Gasteiger partial charge < -0.3 is 10.1 Å². The van der Waals surface area contributed by atoms with Crippen molar-refractivity contribution < 1.29 is 4.74 Å². The van der Waals surface area contributed by atoms with Crippen LogP contribution in [-0.4, -0.2) is 30.0 Å². The highest BCUT2D eigenvalue weighted by Crippen LogP contribution is 2.28. The first-order chi connectivity index (χ1) is 8.81. The van der Waals surface area contributed by atoms with Crippen LogP contribution >= 0.6 is 0 Å². The Labute approximate surface area is 110 Å². The van der Waals surface area contributed by atoms with Gasteiger partial charge in [0.1, 0.15) is 0 Å². The van der Waals surface area contributed by atoms with Gasteiger partial charge in [0, 0.05) is 32.0 Å². The maximum atomic E-state index is 5.03. The molecule has 0 saturated heterocycles. The van der Waals surface area contributed by atoms with Gasteiger partial charge in [0.25, 0.3) is 0 Å². The summed E-state index contributed by atoms with van der Waals surface area (Å²) in [6, 6.07) is 0.630. The van der Waals surface area contributed by atoms with Crippen molar-refractivity contribution in [2.24, 2.45) is 0 Å². The molecule has 4 nitrogen and oxygen atoms in total. The molecular formula is C14H25N3O. The zero-order valence-corrected chi connectivity index (χ0v) is 11.6. The molecule has 4 heteroatoms. The minimum Gasteiger partial charge on any atom is -0.383 e. The number of rotatable bonds is 6. The largest absolute Gasteiger partial charge is 0.383 e. The summed E-state index contributed by atoms with van der Waals surface area (Å²) in [5.74, 6) is 0. The molecule has 1 N–H and O–H groups in total. The van der Waals surface area contributed by atoms with Gasteiger partial charge >= 0.3 is 0 Å². The van der Waals surface area contributed by atoms with E-state index in [0.717, 1.165) is 25.4 Å². The molecule has 2 rings (SSSR count). The molecule has 0 aromatic carbocycles. The van der Waals surface area contributed by atoms with Crippen molar-refractivity contribution in [1.29, 1.82) is 0 Å². The Morgan fingerprint density at radius 2 is 2.17 bits per heavy atom. The van der Waals surface area contributed by atoms with Crippen LogP contribution in [-0.2, 0) is 11.3 Å². The van der Waals surface area contributed by atoms with Gasteiger partial charge in [-0.3, -0.25) is 4.68 Å². The van der Waals surface area contributed by atoms with Gasteiger partial charge in [0.05, 0.1) is 18.3 Å². The van der Waals surface area contributed by atoms with E-state index in [2.05, 4.69) is 28.2 Å². The van der Waals surface area contributed by atoms with Crippen LogP contribution in [0.25, 0.3) is 0 Å². The number of hydrogen-bond donors (Lipinski definition) is 1. The van der Waals surface area contributed by atoms with E-state index in [-0.39, 0.29) is 0 Å². The maximum absolute atomic E-state index is 5.03. The first-order valence-corrected chi connectivity index (χ1v) is 7.05. The lowest BCUT2D eigenvalue weighted by Crippen LogP contribution is -2.18. The number of aryl methyl sites for hydroxylation is 1. The molecule has 1 aliphatic carbocycles. The zero-order chi connectivity index (χ0) is 12.8. The van der Waals surface area contributed by atoms with Crippen molar-refractivity contribution >= 4 is 0 Å². The normalized spacial score (nSPS) is 17.2. The minimum absolute atomic E-state index is 0.630. The summed E-state index contributed by atoms with van der Waals surface area (Å²) < 4.78 is 7.22. The van der Waals surface area contributed by atoms with Gasteiger partial charge in [-0.2, -0.15) is 5.10 Å². The van der Waals surface area contributed by atoms with Crippen LogP contribution in [0.15, 0.2) is 6.20 Å². The molecule has 0 spiro atoms. The molecule has 18 heavy (non-hydrogen) atoms. The van der Waals surface area contributed by atoms with Gasteiger partial charge in [0.15, 0.2) is 0 Å². The molecule has 1 aromatic rings. The number of nitrogens with zero attached hydrogens (tertiary/aromatic N) is 2. The van der Waals surface area contributed by atoms with Crippen LogP contribution in [0.1, 0.15) is 49.4 Å². The van der Waals surface area contributed by atoms with Crippen molar-refractivity contribution in [1.82, 2.24) is 15.1 Å². The van der Waals surface area contributed by atoms with Crippen molar-refractivity contribution in [3.63, 3.8) is 0 Å². The third kappa shape index (κ3) is 3.56. The topological polar surface area (TPSA) is 39.1 Å². The Balaban J connectivity index is 1.89. The SMILES string of the molecule is COCCNCc1cn(C2CCCCC2)nc1C. The average molecular weight is 251 g/mol. The van der Waals surface area contributed by atoms with E-state index < -0.39 is 0 Å². The fourth-order valence-electron chi connectivity index (χ4n) is 2.62. The highest BCUT2D eigenvalue weighted by molar-refractivity contribution is 5.15. The van der Waals surface area contributed by atoms with Gasteiger partial charge in [-0.1, -0.05) is 19.3 Å². The van der Waals surface area contributed by atoms with Gasteiger partial charge in [-0.15, -0.1) is 0 Å². The molecular weight excluding hydrogens is 226 g/mol. The Bertz CT molecular complexity index is 356. The molecule has 0 bridgehead atoms.